The zero-order valence-corrected chi connectivity index (χ0v) is 14.7. The highest BCUT2D eigenvalue weighted by Crippen LogP contribution is 2.30. The van der Waals surface area contributed by atoms with Crippen LogP contribution in [-0.4, -0.2) is 28.6 Å². The molecule has 0 aliphatic rings. The van der Waals surface area contributed by atoms with Gasteiger partial charge in [0.1, 0.15) is 4.88 Å². The van der Waals surface area contributed by atoms with Crippen LogP contribution in [0.1, 0.15) is 69.2 Å². The first-order valence-corrected chi connectivity index (χ1v) is 8.75. The van der Waals surface area contributed by atoms with Crippen molar-refractivity contribution >= 4 is 22.4 Å². The van der Waals surface area contributed by atoms with Gasteiger partial charge in [0, 0.05) is 12.6 Å². The van der Waals surface area contributed by atoms with Crippen molar-refractivity contribution in [3.63, 3.8) is 0 Å². The smallest absolute Gasteiger partial charge is 0.347 e. The summed E-state index contributed by atoms with van der Waals surface area (Å²) >= 11 is 1.33. The average molecular weight is 312 g/mol. The summed E-state index contributed by atoms with van der Waals surface area (Å²) in [6.45, 7) is 11.7. The predicted molar refractivity (Wildman–Crippen MR) is 89.6 cm³/mol. The van der Waals surface area contributed by atoms with Crippen molar-refractivity contribution in [2.75, 3.05) is 11.4 Å². The molecule has 0 aromatic carbocycles. The Morgan fingerprint density at radius 1 is 1.29 bits per heavy atom. The molecule has 0 spiro atoms. The summed E-state index contributed by atoms with van der Waals surface area (Å²) in [5.41, 5.74) is 0.740. The highest BCUT2D eigenvalue weighted by Gasteiger charge is 2.24. The van der Waals surface area contributed by atoms with Gasteiger partial charge in [-0.05, 0) is 25.2 Å². The second-order valence-corrected chi connectivity index (χ2v) is 6.82. The van der Waals surface area contributed by atoms with Crippen molar-refractivity contribution in [2.45, 2.75) is 66.3 Å². The van der Waals surface area contributed by atoms with Crippen LogP contribution in [0.2, 0.25) is 0 Å². The summed E-state index contributed by atoms with van der Waals surface area (Å²) in [5, 5.41) is 10.2. The van der Waals surface area contributed by atoms with Crippen molar-refractivity contribution in [3.05, 3.63) is 10.6 Å². The number of aromatic carboxylic acids is 1. The summed E-state index contributed by atoms with van der Waals surface area (Å²) in [6, 6.07) is 0.426. The molecule has 0 aliphatic heterocycles. The van der Waals surface area contributed by atoms with Crippen LogP contribution in [0.4, 0.5) is 5.13 Å². The van der Waals surface area contributed by atoms with E-state index in [1.165, 1.54) is 11.3 Å². The van der Waals surface area contributed by atoms with Crippen LogP contribution in [-0.2, 0) is 6.42 Å². The Balaban J connectivity index is 3.17. The monoisotopic (exact) mass is 312 g/mol. The normalized spacial score (nSPS) is 11.4. The van der Waals surface area contributed by atoms with E-state index in [0.29, 0.717) is 16.8 Å². The highest BCUT2D eigenvalue weighted by atomic mass is 32.1. The maximum Gasteiger partial charge on any atom is 0.347 e. The van der Waals surface area contributed by atoms with E-state index in [4.69, 9.17) is 0 Å². The molecular weight excluding hydrogens is 284 g/mol. The molecule has 0 saturated carbocycles. The minimum absolute atomic E-state index is 0.409. The zero-order chi connectivity index (χ0) is 16.0. The molecule has 0 saturated heterocycles. The summed E-state index contributed by atoms with van der Waals surface area (Å²) in [6.07, 6.45) is 3.75. The molecule has 1 aromatic heterocycles. The molecule has 0 unspecified atom stereocenters. The summed E-state index contributed by atoms with van der Waals surface area (Å²) in [4.78, 5) is 18.8. The fraction of sp³-hybridized carbons (Fsp3) is 0.750. The molecule has 1 heterocycles. The van der Waals surface area contributed by atoms with Gasteiger partial charge in [0.2, 0.25) is 0 Å². The van der Waals surface area contributed by atoms with Gasteiger partial charge in [-0.15, -0.1) is 0 Å². The van der Waals surface area contributed by atoms with Crippen LogP contribution in [0.5, 0.6) is 0 Å². The lowest BCUT2D eigenvalue weighted by Crippen LogP contribution is -2.37. The number of carbonyl (C=O) groups is 1. The van der Waals surface area contributed by atoms with E-state index in [-0.39, 0.29) is 0 Å². The average Bonchev–Trinajstić information content (AvgIpc) is 2.83. The maximum absolute atomic E-state index is 11.4. The number of rotatable bonds is 9. The van der Waals surface area contributed by atoms with Gasteiger partial charge in [-0.2, -0.15) is 0 Å². The number of anilines is 1. The Morgan fingerprint density at radius 2 is 1.90 bits per heavy atom. The number of carboxylic acids is 1. The van der Waals surface area contributed by atoms with Crippen LogP contribution in [0.25, 0.3) is 0 Å². The Bertz CT molecular complexity index is 453. The quantitative estimate of drug-likeness (QED) is 0.732. The van der Waals surface area contributed by atoms with Gasteiger partial charge >= 0.3 is 5.97 Å². The summed E-state index contributed by atoms with van der Waals surface area (Å²) in [5.74, 6) is -0.325. The third-order valence-electron chi connectivity index (χ3n) is 3.56. The molecule has 0 amide bonds. The van der Waals surface area contributed by atoms with E-state index >= 15 is 0 Å². The van der Waals surface area contributed by atoms with E-state index in [9.17, 15) is 9.90 Å². The lowest BCUT2D eigenvalue weighted by atomic mass is 10.1. The number of hydrogen-bond acceptors (Lipinski definition) is 4. The van der Waals surface area contributed by atoms with Crippen LogP contribution < -0.4 is 4.90 Å². The van der Waals surface area contributed by atoms with Gasteiger partial charge in [0.05, 0.1) is 5.69 Å². The van der Waals surface area contributed by atoms with Crippen molar-refractivity contribution in [1.29, 1.82) is 0 Å². The molecule has 0 atom stereocenters. The molecule has 1 rings (SSSR count). The van der Waals surface area contributed by atoms with Crippen molar-refractivity contribution < 1.29 is 9.90 Å². The first kappa shape index (κ1) is 18.0. The Labute approximate surface area is 132 Å². The molecule has 5 heteroatoms. The largest absolute Gasteiger partial charge is 0.477 e. The van der Waals surface area contributed by atoms with Crippen LogP contribution >= 0.6 is 11.3 Å². The first-order valence-electron chi connectivity index (χ1n) is 7.94. The minimum atomic E-state index is -0.851. The lowest BCUT2D eigenvalue weighted by Gasteiger charge is -2.31. The second kappa shape index (κ2) is 8.37. The molecule has 0 radical (unpaired) electrons. The summed E-state index contributed by atoms with van der Waals surface area (Å²) < 4.78 is 0. The third kappa shape index (κ3) is 4.70. The maximum atomic E-state index is 11.4. The van der Waals surface area contributed by atoms with Crippen LogP contribution in [0.15, 0.2) is 0 Å². The standard InChI is InChI=1S/C16H28N2O2S/c1-6-9-13-14(15(19)20)21-16(17-13)18(10-11(4)5)12(7-2)8-3/h11-12H,6-10H2,1-5H3,(H,19,20). The van der Waals surface area contributed by atoms with Crippen molar-refractivity contribution in [2.24, 2.45) is 5.92 Å². The molecule has 0 aliphatic carbocycles. The SMILES string of the molecule is CCCc1nc(N(CC(C)C)C(CC)CC)sc1C(=O)O. The number of aryl methyl sites for hydroxylation is 1. The molecule has 21 heavy (non-hydrogen) atoms. The number of aromatic nitrogens is 1. The molecule has 120 valence electrons. The number of thiazole rings is 1. The predicted octanol–water partition coefficient (Wildman–Crippen LogP) is 4.44. The van der Waals surface area contributed by atoms with Gasteiger partial charge in [-0.1, -0.05) is 52.4 Å². The van der Waals surface area contributed by atoms with Crippen molar-refractivity contribution in [1.82, 2.24) is 4.98 Å². The first-order chi connectivity index (χ1) is 9.94. The molecule has 0 bridgehead atoms. The van der Waals surface area contributed by atoms with Gasteiger partial charge < -0.3 is 10.0 Å². The van der Waals surface area contributed by atoms with E-state index in [1.54, 1.807) is 0 Å². The van der Waals surface area contributed by atoms with Gasteiger partial charge in [-0.25, -0.2) is 9.78 Å². The number of carboxylic acid groups (broad SMARTS) is 1. The van der Waals surface area contributed by atoms with E-state index in [1.807, 2.05) is 0 Å². The fourth-order valence-corrected chi connectivity index (χ4v) is 3.57. The third-order valence-corrected chi connectivity index (χ3v) is 4.68. The Kier molecular flexibility index (Phi) is 7.15. The second-order valence-electron chi connectivity index (χ2n) is 5.84. The summed E-state index contributed by atoms with van der Waals surface area (Å²) in [7, 11) is 0. The van der Waals surface area contributed by atoms with Crippen molar-refractivity contribution in [3.8, 4) is 0 Å². The lowest BCUT2D eigenvalue weighted by molar-refractivity contribution is 0.0700. The van der Waals surface area contributed by atoms with E-state index < -0.39 is 5.97 Å². The van der Waals surface area contributed by atoms with Gasteiger partial charge in [0.25, 0.3) is 0 Å². The molecule has 4 nitrogen and oxygen atoms in total. The molecular formula is C16H28N2O2S. The highest BCUT2D eigenvalue weighted by molar-refractivity contribution is 7.17. The Morgan fingerprint density at radius 3 is 2.33 bits per heavy atom. The minimum Gasteiger partial charge on any atom is -0.477 e. The Hall–Kier alpha value is -1.10. The van der Waals surface area contributed by atoms with Gasteiger partial charge in [-0.3, -0.25) is 0 Å². The van der Waals surface area contributed by atoms with Gasteiger partial charge in [0.15, 0.2) is 5.13 Å². The zero-order valence-electron chi connectivity index (χ0n) is 13.8. The molecule has 1 aromatic rings. The van der Waals surface area contributed by atoms with E-state index in [0.717, 1.165) is 43.1 Å². The molecule has 0 fully saturated rings. The topological polar surface area (TPSA) is 53.4 Å². The van der Waals surface area contributed by atoms with Crippen LogP contribution in [0.3, 0.4) is 0 Å². The van der Waals surface area contributed by atoms with E-state index in [2.05, 4.69) is 44.5 Å². The number of nitrogens with zero attached hydrogens (tertiary/aromatic N) is 2. The molecule has 1 N–H and O–H groups in total. The number of hydrogen-bond donors (Lipinski definition) is 1. The fourth-order valence-electron chi connectivity index (χ4n) is 2.54. The van der Waals surface area contributed by atoms with Crippen LogP contribution in [0, 0.1) is 5.92 Å².